The van der Waals surface area contributed by atoms with E-state index in [1.54, 1.807) is 0 Å². The Kier molecular flexibility index (Phi) is 20.9. The first kappa shape index (κ1) is 52.1. The SMILES string of the molecule is CC(C)c1cc(-c2c(C(C)C)ccc3[cH-]c(C(C)C)cc23)cc(C(C)C)c1.CC(C)c1cc(-c2c(C(C)C)ccc3[cH-]c(C(C)C)cc23)cc(C(C)C)c1.C[Si]C.[Cl][Zr+2][Cl]. The Morgan fingerprint density at radius 1 is 0.400 bits per heavy atom. The monoisotopic (exact) mass is 936 g/mol. The molecule has 0 saturated carbocycles. The average Bonchev–Trinajstić information content (AvgIpc) is 3.83. The van der Waals surface area contributed by atoms with Crippen LogP contribution in [0.3, 0.4) is 0 Å². The molecule has 0 aromatic heterocycles. The van der Waals surface area contributed by atoms with Crippen molar-refractivity contribution < 1.29 is 20.8 Å². The molecule has 6 aromatic rings. The summed E-state index contributed by atoms with van der Waals surface area (Å²) >= 11 is -0.826. The Bertz CT molecular complexity index is 2030. The van der Waals surface area contributed by atoms with Crippen molar-refractivity contribution in [1.29, 1.82) is 0 Å². The van der Waals surface area contributed by atoms with Crippen molar-refractivity contribution in [2.45, 2.75) is 171 Å². The van der Waals surface area contributed by atoms with Crippen LogP contribution >= 0.6 is 17.0 Å². The van der Waals surface area contributed by atoms with Gasteiger partial charge < -0.3 is 0 Å². The van der Waals surface area contributed by atoms with Gasteiger partial charge in [0.05, 0.1) is 0 Å². The summed E-state index contributed by atoms with van der Waals surface area (Å²) in [6.45, 7) is 41.1. The average molecular weight is 939 g/mol. The van der Waals surface area contributed by atoms with Crippen molar-refractivity contribution in [3.05, 3.63) is 129 Å². The maximum atomic E-state index is 4.93. The predicted octanol–water partition coefficient (Wildman–Crippen LogP) is 19.6. The molecular weight excluding hydrogens is 863 g/mol. The van der Waals surface area contributed by atoms with Gasteiger partial charge in [0.1, 0.15) is 0 Å². The molecule has 0 aliphatic heterocycles. The summed E-state index contributed by atoms with van der Waals surface area (Å²) in [5, 5.41) is 5.58. The zero-order chi connectivity index (χ0) is 45.2. The van der Waals surface area contributed by atoms with Gasteiger partial charge in [0.15, 0.2) is 0 Å². The van der Waals surface area contributed by atoms with E-state index >= 15 is 0 Å². The van der Waals surface area contributed by atoms with Gasteiger partial charge in [-0.05, 0) is 80.7 Å². The number of rotatable bonds is 10. The van der Waals surface area contributed by atoms with Crippen LogP contribution in [0.5, 0.6) is 0 Å². The van der Waals surface area contributed by atoms with Crippen LogP contribution in [0.25, 0.3) is 43.8 Å². The molecule has 0 aliphatic carbocycles. The molecule has 0 aliphatic rings. The molecule has 0 amide bonds. The number of fused-ring (bicyclic) bond motifs is 2. The molecule has 0 saturated heterocycles. The van der Waals surface area contributed by atoms with E-state index < -0.39 is 20.8 Å². The zero-order valence-electron chi connectivity index (χ0n) is 40.5. The summed E-state index contributed by atoms with van der Waals surface area (Å²) in [7, 11) is 11.0. The Labute approximate surface area is 388 Å². The number of halogens is 2. The first-order chi connectivity index (χ1) is 28.2. The molecule has 0 nitrogen and oxygen atoms in total. The summed E-state index contributed by atoms with van der Waals surface area (Å²) in [4.78, 5) is 0. The molecule has 322 valence electrons. The van der Waals surface area contributed by atoms with Crippen LogP contribution < -0.4 is 0 Å². The molecule has 0 atom stereocenters. The number of hydrogen-bond donors (Lipinski definition) is 0. The molecule has 0 spiro atoms. The molecule has 0 N–H and O–H groups in total. The molecule has 6 aromatic carbocycles. The fourth-order valence-electron chi connectivity index (χ4n) is 7.89. The second-order valence-electron chi connectivity index (χ2n) is 19.2. The second kappa shape index (κ2) is 24.0. The van der Waals surface area contributed by atoms with E-state index in [1.807, 2.05) is 0 Å². The molecule has 0 fully saturated rings. The molecule has 2 radical (unpaired) electrons. The third kappa shape index (κ3) is 13.4. The standard InChI is InChI=1S/2C27H35.C2H6Si.2ClH.Zr/c2*1-16(2)21-12-22(17(3)4)14-24(13-21)27-25(19(7)8)10-9-20-11-23(18(5)6)15-26(20)27;1-3-2;;;/h2*9-19H,1-8H3;1-2H3;2*1H;/q2*-1;;;;+4/p-2. The minimum absolute atomic E-state index is 0.506. The fourth-order valence-corrected chi connectivity index (χ4v) is 7.89. The first-order valence-corrected chi connectivity index (χ1v) is 30.9. The molecule has 4 heteroatoms. The summed E-state index contributed by atoms with van der Waals surface area (Å²) < 4.78 is 0. The maximum absolute atomic E-state index is 4.93. The van der Waals surface area contributed by atoms with Crippen LogP contribution in [-0.2, 0) is 20.8 Å². The molecule has 0 bridgehead atoms. The van der Waals surface area contributed by atoms with E-state index in [2.05, 4.69) is 209 Å². The normalized spacial score (nSPS) is 11.5. The Morgan fingerprint density at radius 3 is 0.883 bits per heavy atom. The quantitative estimate of drug-likeness (QED) is 0.0948. The Balaban J connectivity index is 0.000000283. The van der Waals surface area contributed by atoms with Gasteiger partial charge in [-0.15, -0.1) is 69.1 Å². The van der Waals surface area contributed by atoms with E-state index in [-0.39, 0.29) is 0 Å². The van der Waals surface area contributed by atoms with Crippen LogP contribution in [0.1, 0.15) is 203 Å². The van der Waals surface area contributed by atoms with Crippen LogP contribution in [-0.4, -0.2) is 9.52 Å². The third-order valence-electron chi connectivity index (χ3n) is 11.7. The van der Waals surface area contributed by atoms with Crippen LogP contribution in [0.4, 0.5) is 0 Å². The van der Waals surface area contributed by atoms with Crippen LogP contribution in [0.15, 0.2) is 84.9 Å². The number of benzene rings is 4. The van der Waals surface area contributed by atoms with Gasteiger partial charge in [-0.3, -0.25) is 0 Å². The van der Waals surface area contributed by atoms with Crippen LogP contribution in [0.2, 0.25) is 13.1 Å². The van der Waals surface area contributed by atoms with Crippen molar-refractivity contribution in [1.82, 2.24) is 0 Å². The summed E-state index contributed by atoms with van der Waals surface area (Å²) in [6, 6.07) is 33.5. The predicted molar refractivity (Wildman–Crippen MR) is 272 cm³/mol. The Hall–Kier alpha value is -2.22. The van der Waals surface area contributed by atoms with Crippen molar-refractivity contribution >= 4 is 48.1 Å². The van der Waals surface area contributed by atoms with E-state index in [9.17, 15) is 0 Å². The molecule has 60 heavy (non-hydrogen) atoms. The van der Waals surface area contributed by atoms with Gasteiger partial charge in [-0.1, -0.05) is 183 Å². The topological polar surface area (TPSA) is 0 Å². The van der Waals surface area contributed by atoms with Crippen LogP contribution in [0, 0.1) is 0 Å². The van der Waals surface area contributed by atoms with Crippen molar-refractivity contribution in [3.8, 4) is 22.3 Å². The van der Waals surface area contributed by atoms with Crippen molar-refractivity contribution in [2.75, 3.05) is 0 Å². The molecule has 0 heterocycles. The summed E-state index contributed by atoms with van der Waals surface area (Å²) in [5.74, 6) is 4.27. The molecule has 6 rings (SSSR count). The zero-order valence-corrected chi connectivity index (χ0v) is 45.4. The van der Waals surface area contributed by atoms with Crippen molar-refractivity contribution in [3.63, 3.8) is 0 Å². The van der Waals surface area contributed by atoms with Gasteiger partial charge in [0.2, 0.25) is 0 Å². The summed E-state index contributed by atoms with van der Waals surface area (Å²) in [6.07, 6.45) is 0. The third-order valence-corrected chi connectivity index (χ3v) is 11.7. The van der Waals surface area contributed by atoms with E-state index in [0.29, 0.717) is 47.3 Å². The van der Waals surface area contributed by atoms with Gasteiger partial charge in [-0.25, -0.2) is 0 Å². The molecule has 0 unspecified atom stereocenters. The van der Waals surface area contributed by atoms with Gasteiger partial charge in [-0.2, -0.15) is 12.1 Å². The Morgan fingerprint density at radius 2 is 0.667 bits per heavy atom. The number of hydrogen-bond acceptors (Lipinski definition) is 0. The minimum atomic E-state index is -0.826. The van der Waals surface area contributed by atoms with E-state index in [1.165, 1.54) is 88.3 Å². The van der Waals surface area contributed by atoms with Gasteiger partial charge in [0, 0.05) is 9.52 Å². The summed E-state index contributed by atoms with van der Waals surface area (Å²) in [5.41, 5.74) is 17.2. The van der Waals surface area contributed by atoms with Crippen molar-refractivity contribution in [2.24, 2.45) is 0 Å². The van der Waals surface area contributed by atoms with E-state index in [4.69, 9.17) is 17.0 Å². The van der Waals surface area contributed by atoms with Gasteiger partial charge in [0.25, 0.3) is 0 Å². The molecular formula is C56H76Cl2SiZr. The first-order valence-electron chi connectivity index (χ1n) is 22.5. The van der Waals surface area contributed by atoms with Gasteiger partial charge >= 0.3 is 37.9 Å². The van der Waals surface area contributed by atoms with E-state index in [0.717, 1.165) is 9.52 Å². The fraction of sp³-hybridized carbons (Fsp3) is 0.464. The second-order valence-corrected chi connectivity index (χ2v) is 24.0.